The zero-order valence-electron chi connectivity index (χ0n) is 62.6. The molecule has 97 heavy (non-hydrogen) atoms. The third kappa shape index (κ3) is 50.1. The van der Waals surface area contributed by atoms with Gasteiger partial charge in [-0.3, -0.25) is 19.3 Å². The van der Waals surface area contributed by atoms with E-state index in [9.17, 15) is 19.5 Å². The lowest BCUT2D eigenvalue weighted by molar-refractivity contribution is -0.119. The lowest BCUT2D eigenvalue weighted by atomic mass is 10.1. The molecule has 0 aliphatic carbocycles. The molecule has 21 nitrogen and oxygen atoms in total. The minimum Gasteiger partial charge on any atom is -0.508 e. The number of amides is 3. The van der Waals surface area contributed by atoms with Crippen LogP contribution in [0.4, 0.5) is 17.1 Å². The molecule has 0 radical (unpaired) electrons. The Bertz CT molecular complexity index is 2880. The number of rotatable bonds is 35. The Kier molecular flexibility index (Phi) is 55.5. The van der Waals surface area contributed by atoms with Gasteiger partial charge in [0.2, 0.25) is 17.7 Å². The second-order valence-electron chi connectivity index (χ2n) is 23.4. The molecule has 21 heteroatoms. The van der Waals surface area contributed by atoms with Crippen molar-refractivity contribution in [3.05, 3.63) is 164 Å². The number of aromatic nitrogens is 7. The number of phenolic OH excluding ortho intramolecular Hbond substituents is 1. The van der Waals surface area contributed by atoms with Gasteiger partial charge in [0.05, 0.1) is 19.0 Å². The number of carbonyl (C=O) groups excluding carboxylic acids is 3. The summed E-state index contributed by atoms with van der Waals surface area (Å²) in [4.78, 5) is 48.1. The summed E-state index contributed by atoms with van der Waals surface area (Å²) in [5.74, 6) is 0.503. The molecule has 0 aliphatic heterocycles. The lowest BCUT2D eigenvalue weighted by Crippen LogP contribution is -2.27. The van der Waals surface area contributed by atoms with Crippen molar-refractivity contribution in [2.75, 3.05) is 110 Å². The standard InChI is InChI=1S/C13H22N2.C11H17NO.C10H24N2.C9H15N3O.C9H14N2O.C9H16N2O.C8H11N.C7H11N3O/c1-5-15(6-2)10-12-9-13(14-4)8-7-11(12)3;1-3-4-5-9-8-10(12-2)6-7-11(9)13;1-5-12(6-2)9-7-8-10(3)11-4;1-9(13)11-4-2-3-6-12-7-5-10-8-12;1-9(12)10-5-4-8-11-6-2-3-7-11;1-12-8-4-2-3-6-11-7-5-10-9-11;1-7-3-5-8(9-2)6-4-7;1-7(11)9-3-5-10-4-2-8-6-10/h7-9,14H,5-6,10H2,1-4H3;6-8,12-13H,3-5H2,1-2H3;10-11H,5-9H2,1-4H3;5,7-8H,2-4,6H2,1H3,(H,11,13);2-3,6-7H,4-5,8H2,1H3,(H,10,12);5,7,9H,2-4,6,8H2,1H3;3-6,9H,1-2H3;2,4,6H,3,5H2,1H3,(H,9,11). The van der Waals surface area contributed by atoms with Gasteiger partial charge < -0.3 is 70.2 Å². The van der Waals surface area contributed by atoms with Gasteiger partial charge in [-0.2, -0.15) is 0 Å². The minimum atomic E-state index is 0.00474. The van der Waals surface area contributed by atoms with Crippen molar-refractivity contribution in [1.82, 2.24) is 64.3 Å². The second kappa shape index (κ2) is 60.4. The molecule has 7 aromatic rings. The Balaban J connectivity index is 0.00000109. The first-order chi connectivity index (χ1) is 46.8. The van der Waals surface area contributed by atoms with Crippen LogP contribution >= 0.6 is 0 Å². The summed E-state index contributed by atoms with van der Waals surface area (Å²) < 4.78 is 13.1. The number of benzene rings is 3. The number of aromatic hydroxyl groups is 1. The number of unbranched alkanes of at least 4 members (excludes halogenated alkanes) is 4. The van der Waals surface area contributed by atoms with Crippen molar-refractivity contribution in [3.63, 3.8) is 0 Å². The van der Waals surface area contributed by atoms with E-state index in [1.165, 1.54) is 94.2 Å². The summed E-state index contributed by atoms with van der Waals surface area (Å²) in [6.07, 6.45) is 33.0. The minimum absolute atomic E-state index is 0.00474. The van der Waals surface area contributed by atoms with Crippen LogP contribution < -0.4 is 37.2 Å². The first-order valence-electron chi connectivity index (χ1n) is 35.2. The van der Waals surface area contributed by atoms with E-state index in [1.54, 1.807) is 38.2 Å². The van der Waals surface area contributed by atoms with Gasteiger partial charge in [0.15, 0.2) is 0 Å². The third-order valence-corrected chi connectivity index (χ3v) is 15.5. The normalized spacial score (nSPS) is 10.5. The third-order valence-electron chi connectivity index (χ3n) is 15.5. The Morgan fingerprint density at radius 2 is 1.00 bits per heavy atom. The molecular weight excluding hydrogens is 1220 g/mol. The van der Waals surface area contributed by atoms with Crippen molar-refractivity contribution < 1.29 is 24.2 Å². The highest BCUT2D eigenvalue weighted by Gasteiger charge is 2.06. The maximum absolute atomic E-state index is 10.5. The summed E-state index contributed by atoms with van der Waals surface area (Å²) >= 11 is 0. The molecule has 3 amide bonds. The molecule has 7 rings (SSSR count). The van der Waals surface area contributed by atoms with Crippen LogP contribution in [0.25, 0.3) is 0 Å². The largest absolute Gasteiger partial charge is 0.508 e. The van der Waals surface area contributed by atoms with Crippen LogP contribution in [0.1, 0.15) is 149 Å². The number of aryl methyl sites for hydroxylation is 6. The fraction of sp³-hybridized carbons (Fsp3) is 0.553. The number of phenols is 1. The van der Waals surface area contributed by atoms with Gasteiger partial charge in [-0.15, -0.1) is 0 Å². The van der Waals surface area contributed by atoms with Crippen molar-refractivity contribution in [1.29, 1.82) is 0 Å². The number of ether oxygens (including phenoxy) is 1. The first-order valence-corrected chi connectivity index (χ1v) is 35.2. The highest BCUT2D eigenvalue weighted by molar-refractivity contribution is 5.73. The molecule has 0 bridgehead atoms. The molecule has 0 aliphatic rings. The molecule has 0 saturated heterocycles. The molecule has 4 aromatic heterocycles. The summed E-state index contributed by atoms with van der Waals surface area (Å²) in [7, 11) is 9.55. The summed E-state index contributed by atoms with van der Waals surface area (Å²) in [5.41, 5.74) is 8.56. The molecule has 0 spiro atoms. The fourth-order valence-corrected chi connectivity index (χ4v) is 9.08. The fourth-order valence-electron chi connectivity index (χ4n) is 9.08. The first kappa shape index (κ1) is 89.0. The van der Waals surface area contributed by atoms with Gasteiger partial charge in [-0.05, 0) is 196 Å². The lowest BCUT2D eigenvalue weighted by Gasteiger charge is -2.19. The van der Waals surface area contributed by atoms with Crippen LogP contribution in [-0.2, 0) is 58.3 Å². The van der Waals surface area contributed by atoms with Crippen LogP contribution in [0.15, 0.2) is 141 Å². The van der Waals surface area contributed by atoms with Gasteiger partial charge in [0.25, 0.3) is 0 Å². The monoisotopic (exact) mass is 1350 g/mol. The average Bonchev–Trinajstić information content (AvgIpc) is 1.92. The number of methoxy groups -OCH3 is 1. The molecule has 0 saturated carbocycles. The molecule has 8 N–H and O–H groups in total. The Morgan fingerprint density at radius 1 is 0.526 bits per heavy atom. The van der Waals surface area contributed by atoms with Crippen LogP contribution in [0.3, 0.4) is 0 Å². The number of anilines is 3. The van der Waals surface area contributed by atoms with E-state index in [2.05, 4.69) is 169 Å². The van der Waals surface area contributed by atoms with Crippen LogP contribution in [0.5, 0.6) is 5.75 Å². The average molecular weight is 1350 g/mol. The predicted molar refractivity (Wildman–Crippen MR) is 407 cm³/mol. The number of carbonyl (C=O) groups is 3. The zero-order chi connectivity index (χ0) is 72.1. The summed E-state index contributed by atoms with van der Waals surface area (Å²) in [5, 5.41) is 30.3. The highest BCUT2D eigenvalue weighted by atomic mass is 16.5. The van der Waals surface area contributed by atoms with Crippen molar-refractivity contribution >= 4 is 34.8 Å². The van der Waals surface area contributed by atoms with E-state index in [4.69, 9.17) is 4.74 Å². The van der Waals surface area contributed by atoms with E-state index in [0.717, 1.165) is 122 Å². The van der Waals surface area contributed by atoms with E-state index >= 15 is 0 Å². The van der Waals surface area contributed by atoms with Crippen molar-refractivity contribution in [3.8, 4) is 5.75 Å². The molecule has 544 valence electrons. The SMILES string of the molecule is CC(=O)NCCCCn1ccnc1.CC(=O)NCCCn1cccc1.CC(=O)NCCn1ccnc1.CCCCc1cc(NC)ccc1O.CCN(CC)CCCC(C)NC.CCN(CC)Cc1cc(NC)ccc1C.CNc1ccc(C)cc1.COCCCCCn1ccnc1. The Labute approximate surface area is 585 Å². The molecular formula is C76H130N16O5. The summed E-state index contributed by atoms with van der Waals surface area (Å²) in [6, 6.07) is 25.2. The van der Waals surface area contributed by atoms with Gasteiger partial charge in [0.1, 0.15) is 5.75 Å². The Morgan fingerprint density at radius 3 is 1.47 bits per heavy atom. The van der Waals surface area contributed by atoms with Crippen LogP contribution in [0.2, 0.25) is 0 Å². The van der Waals surface area contributed by atoms with Crippen LogP contribution in [-0.4, -0.2) is 166 Å². The van der Waals surface area contributed by atoms with E-state index in [-0.39, 0.29) is 17.7 Å². The maximum atomic E-state index is 10.5. The molecule has 1 unspecified atom stereocenters. The zero-order valence-corrected chi connectivity index (χ0v) is 62.6. The molecule has 4 heterocycles. The molecule has 3 aromatic carbocycles. The smallest absolute Gasteiger partial charge is 0.216 e. The van der Waals surface area contributed by atoms with Crippen LogP contribution in [0, 0.1) is 13.8 Å². The maximum Gasteiger partial charge on any atom is 0.216 e. The van der Waals surface area contributed by atoms with Gasteiger partial charge in [0, 0.05) is 181 Å². The van der Waals surface area contributed by atoms with Gasteiger partial charge in [-0.1, -0.05) is 64.8 Å². The number of nitrogens with one attached hydrogen (secondary N) is 7. The topological polar surface area (TPSA) is 230 Å². The summed E-state index contributed by atoms with van der Waals surface area (Å²) in [6.45, 7) is 35.8. The second-order valence-corrected chi connectivity index (χ2v) is 23.4. The van der Waals surface area contributed by atoms with Gasteiger partial charge >= 0.3 is 0 Å². The number of hydrogen-bond acceptors (Lipinski definition) is 14. The molecule has 1 atom stereocenters. The quantitative estimate of drug-likeness (QED) is 0.0137. The number of hydrogen-bond donors (Lipinski definition) is 8. The Hall–Kier alpha value is -7.98. The van der Waals surface area contributed by atoms with Crippen molar-refractivity contribution in [2.45, 2.75) is 186 Å². The van der Waals surface area contributed by atoms with Crippen molar-refractivity contribution in [2.24, 2.45) is 0 Å². The number of imidazole rings is 3. The predicted octanol–water partition coefficient (Wildman–Crippen LogP) is 12.9. The number of nitrogens with zero attached hydrogens (tertiary/aromatic N) is 9. The van der Waals surface area contributed by atoms with E-state index in [0.29, 0.717) is 18.3 Å². The molecule has 0 fully saturated rings. The van der Waals surface area contributed by atoms with E-state index in [1.807, 2.05) is 105 Å². The highest BCUT2D eigenvalue weighted by Crippen LogP contribution is 2.23. The van der Waals surface area contributed by atoms with Gasteiger partial charge in [-0.25, -0.2) is 15.0 Å². The van der Waals surface area contributed by atoms with E-state index < -0.39 is 0 Å².